The Balaban J connectivity index is 2.23. The Kier molecular flexibility index (Phi) is 3.97. The van der Waals surface area contributed by atoms with Gasteiger partial charge in [-0.2, -0.15) is 0 Å². The minimum Gasteiger partial charge on any atom is -0.462 e. The van der Waals surface area contributed by atoms with Crippen LogP contribution < -0.4 is 5.43 Å². The molecule has 6 nitrogen and oxygen atoms in total. The van der Waals surface area contributed by atoms with Gasteiger partial charge in [-0.05, 0) is 26.0 Å². The van der Waals surface area contributed by atoms with Gasteiger partial charge in [0.05, 0.1) is 18.3 Å². The van der Waals surface area contributed by atoms with Crippen LogP contribution in [-0.2, 0) is 11.3 Å². The van der Waals surface area contributed by atoms with Gasteiger partial charge in [0.25, 0.3) is 0 Å². The van der Waals surface area contributed by atoms with Crippen LogP contribution in [0.1, 0.15) is 24.2 Å². The predicted molar refractivity (Wildman–Crippen MR) is 85.3 cm³/mol. The fourth-order valence-electron chi connectivity index (χ4n) is 2.52. The molecule has 0 saturated carbocycles. The summed E-state index contributed by atoms with van der Waals surface area (Å²) in [5.74, 6) is 0.0254. The number of hydrogen-bond donors (Lipinski definition) is 0. The third-order valence-corrected chi connectivity index (χ3v) is 3.64. The van der Waals surface area contributed by atoms with E-state index in [4.69, 9.17) is 9.26 Å². The first-order valence-corrected chi connectivity index (χ1v) is 7.41. The van der Waals surface area contributed by atoms with Crippen molar-refractivity contribution in [3.63, 3.8) is 0 Å². The second kappa shape index (κ2) is 6.08. The molecule has 0 fully saturated rings. The smallest absolute Gasteiger partial charge is 0.343 e. The van der Waals surface area contributed by atoms with E-state index in [2.05, 4.69) is 5.16 Å². The molecule has 0 saturated heterocycles. The van der Waals surface area contributed by atoms with Crippen LogP contribution in [-0.4, -0.2) is 22.3 Å². The Morgan fingerprint density at radius 2 is 2.13 bits per heavy atom. The lowest BCUT2D eigenvalue weighted by atomic mass is 10.1. The number of aryl methyl sites for hydroxylation is 1. The molecule has 0 radical (unpaired) electrons. The average Bonchev–Trinajstić information content (AvgIpc) is 3.09. The van der Waals surface area contributed by atoms with Crippen LogP contribution in [0.25, 0.3) is 22.2 Å². The first-order chi connectivity index (χ1) is 11.2. The normalized spacial score (nSPS) is 10.9. The molecule has 0 N–H and O–H groups in total. The summed E-state index contributed by atoms with van der Waals surface area (Å²) in [6, 6.07) is 7.09. The third-order valence-electron chi connectivity index (χ3n) is 3.64. The highest BCUT2D eigenvalue weighted by Crippen LogP contribution is 2.23. The molecule has 2 aromatic heterocycles. The van der Waals surface area contributed by atoms with Gasteiger partial charge in [-0.3, -0.25) is 4.79 Å². The third kappa shape index (κ3) is 2.63. The van der Waals surface area contributed by atoms with Crippen molar-refractivity contribution >= 4 is 16.9 Å². The Hall–Kier alpha value is -2.89. The number of carbonyl (C=O) groups is 1. The number of pyridine rings is 1. The van der Waals surface area contributed by atoms with E-state index in [0.29, 0.717) is 17.7 Å². The summed E-state index contributed by atoms with van der Waals surface area (Å²) in [6.07, 6.45) is 3.11. The number of aromatic nitrogens is 2. The Morgan fingerprint density at radius 3 is 2.78 bits per heavy atom. The van der Waals surface area contributed by atoms with Gasteiger partial charge >= 0.3 is 5.97 Å². The van der Waals surface area contributed by atoms with E-state index >= 15 is 0 Å². The number of hydrogen-bond acceptors (Lipinski definition) is 5. The maximum atomic E-state index is 12.6. The first-order valence-electron chi connectivity index (χ1n) is 7.41. The zero-order chi connectivity index (χ0) is 16.4. The van der Waals surface area contributed by atoms with Gasteiger partial charge < -0.3 is 13.8 Å². The molecule has 0 atom stereocenters. The van der Waals surface area contributed by atoms with Crippen molar-refractivity contribution in [3.8, 4) is 11.3 Å². The molecular weight excluding hydrogens is 296 g/mol. The summed E-state index contributed by atoms with van der Waals surface area (Å²) in [7, 11) is 0. The van der Waals surface area contributed by atoms with Gasteiger partial charge in [0.15, 0.2) is 5.76 Å². The number of carbonyl (C=O) groups excluding carboxylic acids is 1. The van der Waals surface area contributed by atoms with Crippen molar-refractivity contribution in [2.75, 3.05) is 6.61 Å². The fraction of sp³-hybridized carbons (Fsp3) is 0.235. The summed E-state index contributed by atoms with van der Waals surface area (Å²) in [5, 5.41) is 4.16. The average molecular weight is 312 g/mol. The van der Waals surface area contributed by atoms with Gasteiger partial charge in [0, 0.05) is 29.8 Å². The van der Waals surface area contributed by atoms with Crippen LogP contribution in [0.5, 0.6) is 0 Å². The van der Waals surface area contributed by atoms with Crippen molar-refractivity contribution in [3.05, 3.63) is 52.4 Å². The van der Waals surface area contributed by atoms with Gasteiger partial charge in [-0.25, -0.2) is 4.79 Å². The van der Waals surface area contributed by atoms with Crippen LogP contribution in [0, 0.1) is 0 Å². The number of benzene rings is 1. The summed E-state index contributed by atoms with van der Waals surface area (Å²) < 4.78 is 12.0. The monoisotopic (exact) mass is 312 g/mol. The van der Waals surface area contributed by atoms with Crippen LogP contribution in [0.4, 0.5) is 0 Å². The van der Waals surface area contributed by atoms with Crippen molar-refractivity contribution < 1.29 is 14.1 Å². The highest BCUT2D eigenvalue weighted by atomic mass is 16.5. The minimum atomic E-state index is -0.596. The zero-order valence-corrected chi connectivity index (χ0v) is 12.9. The molecule has 0 aliphatic carbocycles. The van der Waals surface area contributed by atoms with Crippen molar-refractivity contribution in [1.82, 2.24) is 9.72 Å². The van der Waals surface area contributed by atoms with Crippen LogP contribution in [0.2, 0.25) is 0 Å². The Morgan fingerprint density at radius 1 is 1.30 bits per heavy atom. The molecule has 3 aromatic rings. The largest absolute Gasteiger partial charge is 0.462 e. The molecule has 0 unspecified atom stereocenters. The molecule has 6 heteroatoms. The molecule has 2 heterocycles. The zero-order valence-electron chi connectivity index (χ0n) is 12.9. The lowest BCUT2D eigenvalue weighted by Crippen LogP contribution is -2.20. The summed E-state index contributed by atoms with van der Waals surface area (Å²) in [4.78, 5) is 24.5. The summed E-state index contributed by atoms with van der Waals surface area (Å²) in [6.45, 7) is 4.50. The minimum absolute atomic E-state index is 0.0496. The SMILES string of the molecule is CCOC(=O)c1cn(CC)c2cc(-c3ccno3)ccc2c1=O. The number of esters is 1. The summed E-state index contributed by atoms with van der Waals surface area (Å²) >= 11 is 0. The van der Waals surface area contributed by atoms with E-state index in [9.17, 15) is 9.59 Å². The highest BCUT2D eigenvalue weighted by Gasteiger charge is 2.17. The molecule has 23 heavy (non-hydrogen) atoms. The second-order valence-electron chi connectivity index (χ2n) is 4.99. The van der Waals surface area contributed by atoms with E-state index in [-0.39, 0.29) is 17.6 Å². The lowest BCUT2D eigenvalue weighted by molar-refractivity contribution is 0.0524. The molecule has 0 aliphatic rings. The van der Waals surface area contributed by atoms with Crippen LogP contribution in [0.15, 0.2) is 46.0 Å². The first kappa shape index (κ1) is 15.0. The predicted octanol–water partition coefficient (Wildman–Crippen LogP) is 2.85. The molecule has 3 rings (SSSR count). The standard InChI is InChI=1S/C17H16N2O4/c1-3-19-10-13(17(21)22-4-2)16(20)12-6-5-11(9-14(12)19)15-7-8-18-23-15/h5-10H,3-4H2,1-2H3. The molecule has 0 bridgehead atoms. The molecule has 0 spiro atoms. The Bertz CT molecular complexity index is 910. The number of nitrogens with zero attached hydrogens (tertiary/aromatic N) is 2. The van der Waals surface area contributed by atoms with E-state index < -0.39 is 5.97 Å². The fourth-order valence-corrected chi connectivity index (χ4v) is 2.52. The van der Waals surface area contributed by atoms with Crippen molar-refractivity contribution in [2.45, 2.75) is 20.4 Å². The van der Waals surface area contributed by atoms with Crippen molar-refractivity contribution in [1.29, 1.82) is 0 Å². The molecule has 1 aromatic carbocycles. The molecule has 118 valence electrons. The van der Waals surface area contributed by atoms with Crippen LogP contribution >= 0.6 is 0 Å². The second-order valence-corrected chi connectivity index (χ2v) is 4.99. The van der Waals surface area contributed by atoms with Crippen molar-refractivity contribution in [2.24, 2.45) is 0 Å². The number of fused-ring (bicyclic) bond motifs is 1. The van der Waals surface area contributed by atoms with Gasteiger partial charge in [-0.15, -0.1) is 0 Å². The van der Waals surface area contributed by atoms with Gasteiger partial charge in [0.2, 0.25) is 5.43 Å². The molecular formula is C17H16N2O4. The maximum Gasteiger partial charge on any atom is 0.343 e. The molecule has 0 amide bonds. The van der Waals surface area contributed by atoms with E-state index in [1.54, 1.807) is 37.5 Å². The van der Waals surface area contributed by atoms with E-state index in [0.717, 1.165) is 11.1 Å². The molecule has 0 aliphatic heterocycles. The van der Waals surface area contributed by atoms with Crippen LogP contribution in [0.3, 0.4) is 0 Å². The van der Waals surface area contributed by atoms with Gasteiger partial charge in [-0.1, -0.05) is 11.2 Å². The number of ether oxygens (including phenoxy) is 1. The number of rotatable bonds is 4. The lowest BCUT2D eigenvalue weighted by Gasteiger charge is -2.12. The van der Waals surface area contributed by atoms with Gasteiger partial charge in [0.1, 0.15) is 5.56 Å². The van der Waals surface area contributed by atoms with E-state index in [1.807, 2.05) is 17.6 Å². The Labute approximate surface area is 132 Å². The quantitative estimate of drug-likeness (QED) is 0.693. The maximum absolute atomic E-state index is 12.6. The highest BCUT2D eigenvalue weighted by molar-refractivity contribution is 5.94. The van der Waals surface area contributed by atoms with E-state index in [1.165, 1.54) is 0 Å². The summed E-state index contributed by atoms with van der Waals surface area (Å²) in [5.41, 5.74) is 1.28. The topological polar surface area (TPSA) is 74.3 Å².